The SMILES string of the molecule is C=CC(=O)Oc1ccc(Cc2ccc(OC(=O)C=C)cc2OCC)c(OCC)c1. The molecule has 2 rings (SSSR count). The van der Waals surface area contributed by atoms with E-state index in [0.29, 0.717) is 42.6 Å². The highest BCUT2D eigenvalue weighted by Crippen LogP contribution is 2.32. The Morgan fingerprint density at radius 3 is 1.55 bits per heavy atom. The second-order valence-corrected chi connectivity index (χ2v) is 5.83. The minimum atomic E-state index is -0.538. The van der Waals surface area contributed by atoms with Crippen LogP contribution in [0.1, 0.15) is 25.0 Å². The highest BCUT2D eigenvalue weighted by molar-refractivity contribution is 5.83. The van der Waals surface area contributed by atoms with Crippen molar-refractivity contribution < 1.29 is 28.5 Å². The lowest BCUT2D eigenvalue weighted by atomic mass is 10.0. The Bertz CT molecular complexity index is 827. The summed E-state index contributed by atoms with van der Waals surface area (Å²) in [7, 11) is 0. The molecule has 29 heavy (non-hydrogen) atoms. The number of carbonyl (C=O) groups excluding carboxylic acids is 2. The van der Waals surface area contributed by atoms with E-state index in [9.17, 15) is 9.59 Å². The van der Waals surface area contributed by atoms with E-state index >= 15 is 0 Å². The van der Waals surface area contributed by atoms with Crippen LogP contribution < -0.4 is 18.9 Å². The summed E-state index contributed by atoms with van der Waals surface area (Å²) >= 11 is 0. The van der Waals surface area contributed by atoms with Gasteiger partial charge in [0.2, 0.25) is 0 Å². The molecule has 0 saturated heterocycles. The Morgan fingerprint density at radius 2 is 1.21 bits per heavy atom. The van der Waals surface area contributed by atoms with E-state index in [2.05, 4.69) is 13.2 Å². The van der Waals surface area contributed by atoms with E-state index in [0.717, 1.165) is 23.3 Å². The molecule has 152 valence electrons. The highest BCUT2D eigenvalue weighted by Gasteiger charge is 2.13. The van der Waals surface area contributed by atoms with Crippen LogP contribution in [0.4, 0.5) is 0 Å². The molecule has 0 aliphatic heterocycles. The molecule has 0 spiro atoms. The molecule has 6 heteroatoms. The summed E-state index contributed by atoms with van der Waals surface area (Å²) in [5.74, 6) is 0.877. The van der Waals surface area contributed by atoms with Crippen LogP contribution in [0, 0.1) is 0 Å². The summed E-state index contributed by atoms with van der Waals surface area (Å²) in [6, 6.07) is 10.4. The van der Waals surface area contributed by atoms with Gasteiger partial charge in [0.15, 0.2) is 0 Å². The molecular formula is C23H24O6. The summed E-state index contributed by atoms with van der Waals surface area (Å²) in [6.07, 6.45) is 2.71. The molecule has 2 aromatic rings. The van der Waals surface area contributed by atoms with E-state index < -0.39 is 11.9 Å². The van der Waals surface area contributed by atoms with Crippen LogP contribution in [0.25, 0.3) is 0 Å². The molecule has 2 aromatic carbocycles. The second-order valence-electron chi connectivity index (χ2n) is 5.83. The van der Waals surface area contributed by atoms with Gasteiger partial charge >= 0.3 is 11.9 Å². The van der Waals surface area contributed by atoms with Gasteiger partial charge in [-0.25, -0.2) is 9.59 Å². The number of benzene rings is 2. The Hall–Kier alpha value is -3.54. The van der Waals surface area contributed by atoms with Crippen LogP contribution in [-0.2, 0) is 16.0 Å². The first-order chi connectivity index (χ1) is 14.0. The van der Waals surface area contributed by atoms with Crippen molar-refractivity contribution >= 4 is 11.9 Å². The minimum Gasteiger partial charge on any atom is -0.493 e. The number of carbonyl (C=O) groups is 2. The average Bonchev–Trinajstić information content (AvgIpc) is 2.71. The molecule has 0 heterocycles. The van der Waals surface area contributed by atoms with Gasteiger partial charge in [0, 0.05) is 30.7 Å². The van der Waals surface area contributed by atoms with Gasteiger partial charge in [-0.3, -0.25) is 0 Å². The fourth-order valence-electron chi connectivity index (χ4n) is 2.59. The van der Waals surface area contributed by atoms with Gasteiger partial charge < -0.3 is 18.9 Å². The Labute approximate surface area is 170 Å². The van der Waals surface area contributed by atoms with Gasteiger partial charge in [-0.05, 0) is 37.1 Å². The smallest absolute Gasteiger partial charge is 0.335 e. The molecule has 0 aliphatic carbocycles. The van der Waals surface area contributed by atoms with E-state index in [1.165, 1.54) is 0 Å². The molecule has 0 radical (unpaired) electrons. The van der Waals surface area contributed by atoms with Gasteiger partial charge in [-0.2, -0.15) is 0 Å². The zero-order valence-electron chi connectivity index (χ0n) is 16.6. The maximum absolute atomic E-state index is 11.4. The lowest BCUT2D eigenvalue weighted by Gasteiger charge is -2.15. The van der Waals surface area contributed by atoms with Crippen molar-refractivity contribution in [1.82, 2.24) is 0 Å². The molecule has 0 aliphatic rings. The molecule has 0 atom stereocenters. The largest absolute Gasteiger partial charge is 0.493 e. The van der Waals surface area contributed by atoms with Crippen molar-refractivity contribution in [3.63, 3.8) is 0 Å². The van der Waals surface area contributed by atoms with Crippen molar-refractivity contribution in [2.45, 2.75) is 20.3 Å². The molecule has 0 bridgehead atoms. The maximum Gasteiger partial charge on any atom is 0.335 e. The molecule has 6 nitrogen and oxygen atoms in total. The predicted octanol–water partition coefficient (Wildman–Crippen LogP) is 4.26. The van der Waals surface area contributed by atoms with Crippen LogP contribution in [0.5, 0.6) is 23.0 Å². The third-order valence-corrected chi connectivity index (χ3v) is 3.83. The number of hydrogen-bond acceptors (Lipinski definition) is 6. The maximum atomic E-state index is 11.4. The van der Waals surface area contributed by atoms with Gasteiger partial charge in [-0.1, -0.05) is 25.3 Å². The van der Waals surface area contributed by atoms with Crippen LogP contribution in [0.15, 0.2) is 61.7 Å². The van der Waals surface area contributed by atoms with Gasteiger partial charge in [-0.15, -0.1) is 0 Å². The van der Waals surface area contributed by atoms with Crippen molar-refractivity contribution in [2.75, 3.05) is 13.2 Å². The summed E-state index contributed by atoms with van der Waals surface area (Å²) in [5.41, 5.74) is 1.78. The van der Waals surface area contributed by atoms with Crippen molar-refractivity contribution in [2.24, 2.45) is 0 Å². The number of rotatable bonds is 10. The summed E-state index contributed by atoms with van der Waals surface area (Å²) in [4.78, 5) is 22.9. The lowest BCUT2D eigenvalue weighted by Crippen LogP contribution is -2.06. The second kappa shape index (κ2) is 10.7. The molecule has 0 N–H and O–H groups in total. The molecule has 0 aromatic heterocycles. The first-order valence-corrected chi connectivity index (χ1v) is 9.20. The van der Waals surface area contributed by atoms with E-state index in [-0.39, 0.29) is 0 Å². The fourth-order valence-corrected chi connectivity index (χ4v) is 2.59. The Kier molecular flexibility index (Phi) is 8.03. The van der Waals surface area contributed by atoms with Crippen LogP contribution in [0.2, 0.25) is 0 Å². The first kappa shape index (κ1) is 21.8. The molecule has 0 fully saturated rings. The normalized spacial score (nSPS) is 10.0. The Balaban J connectivity index is 2.33. The molecule has 0 saturated carbocycles. The van der Waals surface area contributed by atoms with Crippen molar-refractivity contribution in [1.29, 1.82) is 0 Å². The first-order valence-electron chi connectivity index (χ1n) is 9.20. The van der Waals surface area contributed by atoms with Crippen LogP contribution in [-0.4, -0.2) is 25.2 Å². The fraction of sp³-hybridized carbons (Fsp3) is 0.217. The van der Waals surface area contributed by atoms with E-state index in [4.69, 9.17) is 18.9 Å². The standard InChI is InChI=1S/C23H24O6/c1-5-22(24)28-18-11-9-16(20(14-18)26-7-3)13-17-10-12-19(29-23(25)6-2)15-21(17)27-8-4/h5-6,9-12,14-15H,1-2,7-8,13H2,3-4H3. The molecule has 0 amide bonds. The van der Waals surface area contributed by atoms with Crippen molar-refractivity contribution in [3.8, 4) is 23.0 Å². The third kappa shape index (κ3) is 6.24. The topological polar surface area (TPSA) is 71.1 Å². The molecular weight excluding hydrogens is 372 g/mol. The lowest BCUT2D eigenvalue weighted by molar-refractivity contribution is -0.129. The zero-order valence-corrected chi connectivity index (χ0v) is 16.6. The van der Waals surface area contributed by atoms with Crippen LogP contribution in [0.3, 0.4) is 0 Å². The summed E-state index contributed by atoms with van der Waals surface area (Å²) in [5, 5.41) is 0. The molecule has 0 unspecified atom stereocenters. The summed E-state index contributed by atoms with van der Waals surface area (Å²) in [6.45, 7) is 11.4. The monoisotopic (exact) mass is 396 g/mol. The number of esters is 2. The minimum absolute atomic E-state index is 0.374. The van der Waals surface area contributed by atoms with Gasteiger partial charge in [0.1, 0.15) is 23.0 Å². The van der Waals surface area contributed by atoms with E-state index in [1.807, 2.05) is 26.0 Å². The van der Waals surface area contributed by atoms with Crippen molar-refractivity contribution in [3.05, 3.63) is 72.8 Å². The van der Waals surface area contributed by atoms with Crippen LogP contribution >= 0.6 is 0 Å². The third-order valence-electron chi connectivity index (χ3n) is 3.83. The zero-order chi connectivity index (χ0) is 21.2. The predicted molar refractivity (Wildman–Crippen MR) is 110 cm³/mol. The number of ether oxygens (including phenoxy) is 4. The van der Waals surface area contributed by atoms with E-state index in [1.54, 1.807) is 24.3 Å². The number of hydrogen-bond donors (Lipinski definition) is 0. The summed E-state index contributed by atoms with van der Waals surface area (Å²) < 4.78 is 21.8. The van der Waals surface area contributed by atoms with Gasteiger partial charge in [0.25, 0.3) is 0 Å². The van der Waals surface area contributed by atoms with Gasteiger partial charge in [0.05, 0.1) is 13.2 Å². The quantitative estimate of drug-likeness (QED) is 0.340. The average molecular weight is 396 g/mol. The Morgan fingerprint density at radius 1 is 0.793 bits per heavy atom. The highest BCUT2D eigenvalue weighted by atomic mass is 16.5.